The minimum Gasteiger partial charge on any atom is -0.334 e. The average Bonchev–Trinajstić information content (AvgIpc) is 3.02. The summed E-state index contributed by atoms with van der Waals surface area (Å²) in [7, 11) is 0. The monoisotopic (exact) mass is 403 g/mol. The number of hydrogen-bond donors (Lipinski definition) is 1. The Kier molecular flexibility index (Phi) is 7.11. The molecule has 0 aromatic heterocycles. The third-order valence-corrected chi connectivity index (χ3v) is 4.91. The molecule has 0 saturated carbocycles. The molecule has 10 heteroatoms. The topological polar surface area (TPSA) is 69.7 Å². The Hall–Kier alpha value is -2.23. The van der Waals surface area contributed by atoms with Crippen molar-refractivity contribution < 1.29 is 27.6 Å². The van der Waals surface area contributed by atoms with E-state index in [1.165, 1.54) is 28.8 Å². The predicted molar refractivity (Wildman–Crippen MR) is 96.4 cm³/mol. The standard InChI is InChI=1S/C17H20F3N3O3S/c1-2-22(15(25)7-8-23-9-10-27-16(23)26)11-14(24)21-13-6-4-3-5-12(13)17(18,19)20/h3-6H,2,7-11H2,1H3,(H,21,24). The molecule has 1 aliphatic rings. The van der Waals surface area contributed by atoms with Crippen molar-refractivity contribution in [2.45, 2.75) is 19.5 Å². The minimum atomic E-state index is -4.59. The summed E-state index contributed by atoms with van der Waals surface area (Å²) in [4.78, 5) is 38.8. The number of benzene rings is 1. The van der Waals surface area contributed by atoms with E-state index in [0.717, 1.165) is 12.1 Å². The lowest BCUT2D eigenvalue weighted by molar-refractivity contribution is -0.137. The summed E-state index contributed by atoms with van der Waals surface area (Å²) in [5.41, 5.74) is -1.30. The Morgan fingerprint density at radius 2 is 2.00 bits per heavy atom. The van der Waals surface area contributed by atoms with Gasteiger partial charge in [-0.25, -0.2) is 0 Å². The van der Waals surface area contributed by atoms with Crippen LogP contribution in [0.15, 0.2) is 24.3 Å². The molecule has 0 unspecified atom stereocenters. The Morgan fingerprint density at radius 1 is 1.30 bits per heavy atom. The molecule has 0 bridgehead atoms. The summed E-state index contributed by atoms with van der Waals surface area (Å²) >= 11 is 1.19. The van der Waals surface area contributed by atoms with E-state index in [1.54, 1.807) is 11.8 Å². The molecule has 1 N–H and O–H groups in total. The number of anilines is 1. The molecule has 2 rings (SSSR count). The van der Waals surface area contributed by atoms with Gasteiger partial charge in [0.25, 0.3) is 5.24 Å². The summed E-state index contributed by atoms with van der Waals surface area (Å²) in [5.74, 6) is -0.359. The number of hydrogen-bond acceptors (Lipinski definition) is 4. The van der Waals surface area contributed by atoms with Gasteiger partial charge in [-0.2, -0.15) is 13.2 Å². The first kappa shape index (κ1) is 21.1. The number of halogens is 3. The van der Waals surface area contributed by atoms with Crippen molar-refractivity contribution in [2.24, 2.45) is 0 Å². The number of carbonyl (C=O) groups is 3. The van der Waals surface area contributed by atoms with E-state index in [4.69, 9.17) is 0 Å². The first-order valence-electron chi connectivity index (χ1n) is 8.38. The van der Waals surface area contributed by atoms with Crippen molar-refractivity contribution in [1.82, 2.24) is 9.80 Å². The second-order valence-electron chi connectivity index (χ2n) is 5.85. The molecule has 0 spiro atoms. The lowest BCUT2D eigenvalue weighted by atomic mass is 10.1. The zero-order valence-electron chi connectivity index (χ0n) is 14.7. The molecule has 1 aliphatic heterocycles. The zero-order valence-corrected chi connectivity index (χ0v) is 15.5. The molecule has 1 saturated heterocycles. The van der Waals surface area contributed by atoms with Crippen LogP contribution in [0.2, 0.25) is 0 Å². The number of rotatable bonds is 7. The first-order chi connectivity index (χ1) is 12.7. The van der Waals surface area contributed by atoms with Crippen LogP contribution < -0.4 is 5.32 Å². The molecule has 0 radical (unpaired) electrons. The van der Waals surface area contributed by atoms with E-state index in [2.05, 4.69) is 5.32 Å². The molecule has 27 heavy (non-hydrogen) atoms. The van der Waals surface area contributed by atoms with Crippen molar-refractivity contribution in [1.29, 1.82) is 0 Å². The fraction of sp³-hybridized carbons (Fsp3) is 0.471. The number of para-hydroxylation sites is 1. The van der Waals surface area contributed by atoms with Crippen LogP contribution in [-0.4, -0.2) is 58.8 Å². The van der Waals surface area contributed by atoms with Gasteiger partial charge in [0.1, 0.15) is 0 Å². The maximum atomic E-state index is 13.0. The summed E-state index contributed by atoms with van der Waals surface area (Å²) < 4.78 is 39.0. The Labute approximate surface area is 159 Å². The predicted octanol–water partition coefficient (Wildman–Crippen LogP) is 3.05. The van der Waals surface area contributed by atoms with Gasteiger partial charge in [0.05, 0.1) is 17.8 Å². The number of carbonyl (C=O) groups excluding carboxylic acids is 3. The van der Waals surface area contributed by atoms with E-state index in [9.17, 15) is 27.6 Å². The van der Waals surface area contributed by atoms with E-state index < -0.39 is 17.6 Å². The molecule has 0 atom stereocenters. The fourth-order valence-electron chi connectivity index (χ4n) is 2.60. The molecular weight excluding hydrogens is 383 g/mol. The quantitative estimate of drug-likeness (QED) is 0.760. The number of amides is 3. The fourth-order valence-corrected chi connectivity index (χ4v) is 3.45. The molecule has 148 valence electrons. The Balaban J connectivity index is 1.93. The molecule has 1 aromatic carbocycles. The third-order valence-electron chi connectivity index (χ3n) is 4.02. The Bertz CT molecular complexity index is 712. The summed E-state index contributed by atoms with van der Waals surface area (Å²) in [6.07, 6.45) is -4.53. The van der Waals surface area contributed by atoms with Gasteiger partial charge in [0.15, 0.2) is 0 Å². The van der Waals surface area contributed by atoms with E-state index in [1.807, 2.05) is 0 Å². The number of nitrogens with zero attached hydrogens (tertiary/aromatic N) is 2. The van der Waals surface area contributed by atoms with Crippen LogP contribution in [0.3, 0.4) is 0 Å². The number of nitrogens with one attached hydrogen (secondary N) is 1. The number of alkyl halides is 3. The highest BCUT2D eigenvalue weighted by molar-refractivity contribution is 8.13. The smallest absolute Gasteiger partial charge is 0.334 e. The van der Waals surface area contributed by atoms with Crippen LogP contribution in [0.1, 0.15) is 18.9 Å². The van der Waals surface area contributed by atoms with Gasteiger partial charge in [-0.05, 0) is 19.1 Å². The lowest BCUT2D eigenvalue weighted by Crippen LogP contribution is -2.39. The highest BCUT2D eigenvalue weighted by atomic mass is 32.2. The summed E-state index contributed by atoms with van der Waals surface area (Å²) in [6.45, 7) is 2.39. The van der Waals surface area contributed by atoms with E-state index in [0.29, 0.717) is 12.3 Å². The van der Waals surface area contributed by atoms with Crippen LogP contribution in [0.5, 0.6) is 0 Å². The van der Waals surface area contributed by atoms with Gasteiger partial charge >= 0.3 is 6.18 Å². The highest BCUT2D eigenvalue weighted by Crippen LogP contribution is 2.34. The number of likely N-dealkylation sites (N-methyl/N-ethyl adjacent to an activating group) is 1. The molecule has 6 nitrogen and oxygen atoms in total. The molecule has 1 aromatic rings. The van der Waals surface area contributed by atoms with Crippen LogP contribution >= 0.6 is 11.8 Å². The van der Waals surface area contributed by atoms with Crippen molar-refractivity contribution in [2.75, 3.05) is 37.2 Å². The third kappa shape index (κ3) is 5.88. The van der Waals surface area contributed by atoms with Gasteiger partial charge < -0.3 is 15.1 Å². The average molecular weight is 403 g/mol. The molecule has 0 aliphatic carbocycles. The van der Waals surface area contributed by atoms with E-state index in [-0.39, 0.29) is 42.9 Å². The van der Waals surface area contributed by atoms with Crippen LogP contribution in [0.4, 0.5) is 23.7 Å². The second kappa shape index (κ2) is 9.12. The highest BCUT2D eigenvalue weighted by Gasteiger charge is 2.33. The van der Waals surface area contributed by atoms with Crippen LogP contribution in [0.25, 0.3) is 0 Å². The van der Waals surface area contributed by atoms with Gasteiger partial charge in [-0.3, -0.25) is 14.4 Å². The van der Waals surface area contributed by atoms with E-state index >= 15 is 0 Å². The molecular formula is C17H20F3N3O3S. The molecule has 1 fully saturated rings. The maximum Gasteiger partial charge on any atom is 0.418 e. The van der Waals surface area contributed by atoms with Crippen LogP contribution in [0, 0.1) is 0 Å². The first-order valence-corrected chi connectivity index (χ1v) is 9.36. The molecule has 1 heterocycles. The zero-order chi connectivity index (χ0) is 20.0. The van der Waals surface area contributed by atoms with Gasteiger partial charge in [0, 0.05) is 31.8 Å². The van der Waals surface area contributed by atoms with Gasteiger partial charge in [-0.1, -0.05) is 23.9 Å². The Morgan fingerprint density at radius 3 is 2.59 bits per heavy atom. The number of thioether (sulfide) groups is 1. The van der Waals surface area contributed by atoms with Crippen molar-refractivity contribution in [3.05, 3.63) is 29.8 Å². The summed E-state index contributed by atoms with van der Waals surface area (Å²) in [6, 6.07) is 4.66. The van der Waals surface area contributed by atoms with Crippen molar-refractivity contribution >= 4 is 34.5 Å². The van der Waals surface area contributed by atoms with Crippen molar-refractivity contribution in [3.63, 3.8) is 0 Å². The maximum absolute atomic E-state index is 13.0. The van der Waals surface area contributed by atoms with Gasteiger partial charge in [-0.15, -0.1) is 0 Å². The molecule has 3 amide bonds. The largest absolute Gasteiger partial charge is 0.418 e. The summed E-state index contributed by atoms with van der Waals surface area (Å²) in [5, 5.41) is 2.14. The van der Waals surface area contributed by atoms with Gasteiger partial charge in [0.2, 0.25) is 11.8 Å². The van der Waals surface area contributed by atoms with Crippen LogP contribution in [-0.2, 0) is 15.8 Å². The second-order valence-corrected chi connectivity index (χ2v) is 6.90. The van der Waals surface area contributed by atoms with Crippen molar-refractivity contribution in [3.8, 4) is 0 Å². The normalized spacial score (nSPS) is 14.4. The SMILES string of the molecule is CCN(CC(=O)Nc1ccccc1C(F)(F)F)C(=O)CCN1CCSC1=O. The lowest BCUT2D eigenvalue weighted by Gasteiger charge is -2.22. The minimum absolute atomic E-state index is 0.0621.